The van der Waals surface area contributed by atoms with Crippen LogP contribution in [0.4, 0.5) is 4.39 Å². The second-order valence-electron chi connectivity index (χ2n) is 4.70. The van der Waals surface area contributed by atoms with E-state index in [4.69, 9.17) is 9.94 Å². The van der Waals surface area contributed by atoms with Crippen molar-refractivity contribution < 1.29 is 19.0 Å². The number of hydrogen-bond acceptors (Lipinski definition) is 6. The summed E-state index contributed by atoms with van der Waals surface area (Å²) < 4.78 is 17.9. The monoisotopic (exact) mass is 301 g/mol. The van der Waals surface area contributed by atoms with Gasteiger partial charge in [-0.15, -0.1) is 0 Å². The molecule has 1 aromatic heterocycles. The first-order valence-electron chi connectivity index (χ1n) is 6.50. The molecule has 112 valence electrons. The van der Waals surface area contributed by atoms with Crippen LogP contribution in [0.3, 0.4) is 0 Å². The topological polar surface area (TPSA) is 80.7 Å². The molecule has 0 saturated heterocycles. The van der Waals surface area contributed by atoms with Crippen LogP contribution in [0.5, 0.6) is 5.75 Å². The lowest BCUT2D eigenvalue weighted by Crippen LogP contribution is -1.97. The van der Waals surface area contributed by atoms with Crippen LogP contribution in [0.15, 0.2) is 46.2 Å². The van der Waals surface area contributed by atoms with E-state index in [0.717, 1.165) is 5.56 Å². The zero-order valence-corrected chi connectivity index (χ0v) is 11.7. The summed E-state index contributed by atoms with van der Waals surface area (Å²) in [6.45, 7) is 1.93. The standard InChI is InChI=1S/C15H12FN3O3/c1-9(11-3-5-15(20)12(16)7-11)17-21-8-10-2-4-13-14(6-10)19-22-18-13/h2-7,20H,8H2,1H3/b17-9+. The molecule has 3 rings (SSSR count). The van der Waals surface area contributed by atoms with Crippen molar-refractivity contribution in [3.63, 3.8) is 0 Å². The summed E-state index contributed by atoms with van der Waals surface area (Å²) in [5, 5.41) is 20.5. The first kappa shape index (κ1) is 14.0. The van der Waals surface area contributed by atoms with Gasteiger partial charge in [-0.3, -0.25) is 0 Å². The molecule has 0 radical (unpaired) electrons. The third-order valence-corrected chi connectivity index (χ3v) is 3.12. The van der Waals surface area contributed by atoms with Crippen molar-refractivity contribution in [3.05, 3.63) is 53.3 Å². The highest BCUT2D eigenvalue weighted by molar-refractivity contribution is 5.98. The predicted octanol–water partition coefficient (Wildman–Crippen LogP) is 3.01. The second-order valence-corrected chi connectivity index (χ2v) is 4.70. The number of hydrogen-bond donors (Lipinski definition) is 1. The predicted molar refractivity (Wildman–Crippen MR) is 76.9 cm³/mol. The third kappa shape index (κ3) is 2.88. The Morgan fingerprint density at radius 2 is 2.05 bits per heavy atom. The number of phenols is 1. The zero-order chi connectivity index (χ0) is 15.5. The molecule has 0 bridgehead atoms. The average Bonchev–Trinajstić information content (AvgIpc) is 2.97. The molecule has 7 heteroatoms. The molecular weight excluding hydrogens is 289 g/mol. The van der Waals surface area contributed by atoms with Gasteiger partial charge in [0.1, 0.15) is 17.6 Å². The minimum absolute atomic E-state index is 0.237. The van der Waals surface area contributed by atoms with E-state index in [1.54, 1.807) is 25.1 Å². The lowest BCUT2D eigenvalue weighted by molar-refractivity contribution is 0.130. The average molecular weight is 301 g/mol. The molecule has 0 atom stereocenters. The molecule has 3 aromatic rings. The number of aromatic nitrogens is 2. The van der Waals surface area contributed by atoms with Crippen LogP contribution in [0.2, 0.25) is 0 Å². The SMILES string of the molecule is C/C(=N\OCc1ccc2nonc2c1)c1ccc(O)c(F)c1. The van der Waals surface area contributed by atoms with Gasteiger partial charge in [-0.1, -0.05) is 11.2 Å². The Labute approximate surface area is 124 Å². The lowest BCUT2D eigenvalue weighted by atomic mass is 10.1. The van der Waals surface area contributed by atoms with Gasteiger partial charge in [0.2, 0.25) is 0 Å². The van der Waals surface area contributed by atoms with E-state index in [0.29, 0.717) is 22.3 Å². The maximum Gasteiger partial charge on any atom is 0.165 e. The fraction of sp³-hybridized carbons (Fsp3) is 0.133. The van der Waals surface area contributed by atoms with Crippen molar-refractivity contribution in [3.8, 4) is 5.75 Å². The molecule has 0 aliphatic rings. The normalized spacial score (nSPS) is 11.8. The molecule has 0 saturated carbocycles. The van der Waals surface area contributed by atoms with Crippen LogP contribution in [-0.4, -0.2) is 21.1 Å². The molecule has 0 spiro atoms. The van der Waals surface area contributed by atoms with Crippen LogP contribution in [0.1, 0.15) is 18.1 Å². The molecule has 1 heterocycles. The molecule has 0 amide bonds. The van der Waals surface area contributed by atoms with Gasteiger partial charge in [-0.25, -0.2) is 9.02 Å². The van der Waals surface area contributed by atoms with Crippen LogP contribution < -0.4 is 0 Å². The molecule has 1 N–H and O–H groups in total. The van der Waals surface area contributed by atoms with Crippen LogP contribution >= 0.6 is 0 Å². The van der Waals surface area contributed by atoms with Crippen molar-refractivity contribution in [2.45, 2.75) is 13.5 Å². The Morgan fingerprint density at radius 3 is 2.86 bits per heavy atom. The van der Waals surface area contributed by atoms with Gasteiger partial charge in [-0.05, 0) is 53.1 Å². The number of nitrogens with zero attached hydrogens (tertiary/aromatic N) is 3. The molecule has 6 nitrogen and oxygen atoms in total. The Bertz CT molecular complexity index is 845. The van der Waals surface area contributed by atoms with Gasteiger partial charge in [0, 0.05) is 5.56 Å². The van der Waals surface area contributed by atoms with E-state index in [-0.39, 0.29) is 6.61 Å². The fourth-order valence-corrected chi connectivity index (χ4v) is 1.91. The Balaban J connectivity index is 1.68. The summed E-state index contributed by atoms with van der Waals surface area (Å²) in [5.74, 6) is -1.09. The van der Waals surface area contributed by atoms with E-state index in [1.807, 2.05) is 6.07 Å². The Morgan fingerprint density at radius 1 is 1.23 bits per heavy atom. The first-order chi connectivity index (χ1) is 10.6. The summed E-state index contributed by atoms with van der Waals surface area (Å²) in [4.78, 5) is 5.26. The molecule has 0 aliphatic carbocycles. The number of fused-ring (bicyclic) bond motifs is 1. The number of halogens is 1. The smallest absolute Gasteiger partial charge is 0.165 e. The largest absolute Gasteiger partial charge is 0.505 e. The molecule has 0 aliphatic heterocycles. The molecular formula is C15H12FN3O3. The summed E-state index contributed by atoms with van der Waals surface area (Å²) in [6.07, 6.45) is 0. The number of phenolic OH excluding ortho intramolecular Hbond substituents is 1. The van der Waals surface area contributed by atoms with E-state index >= 15 is 0 Å². The Hall–Kier alpha value is -2.96. The maximum absolute atomic E-state index is 13.3. The molecule has 0 fully saturated rings. The molecule has 0 unspecified atom stereocenters. The van der Waals surface area contributed by atoms with Crippen LogP contribution in [0.25, 0.3) is 11.0 Å². The van der Waals surface area contributed by atoms with E-state index in [9.17, 15) is 4.39 Å². The molecule has 2 aromatic carbocycles. The van der Waals surface area contributed by atoms with Crippen molar-refractivity contribution >= 4 is 16.7 Å². The van der Waals surface area contributed by atoms with E-state index < -0.39 is 11.6 Å². The van der Waals surface area contributed by atoms with Gasteiger partial charge in [-0.2, -0.15) is 0 Å². The van der Waals surface area contributed by atoms with Crippen molar-refractivity contribution in [1.29, 1.82) is 0 Å². The van der Waals surface area contributed by atoms with Crippen LogP contribution in [0, 0.1) is 5.82 Å². The van der Waals surface area contributed by atoms with E-state index in [2.05, 4.69) is 20.1 Å². The summed E-state index contributed by atoms with van der Waals surface area (Å²) in [5.41, 5.74) is 3.21. The highest BCUT2D eigenvalue weighted by Gasteiger charge is 2.05. The first-order valence-corrected chi connectivity index (χ1v) is 6.50. The highest BCUT2D eigenvalue weighted by Crippen LogP contribution is 2.17. The van der Waals surface area contributed by atoms with Crippen molar-refractivity contribution in [2.75, 3.05) is 0 Å². The third-order valence-electron chi connectivity index (χ3n) is 3.12. The highest BCUT2D eigenvalue weighted by atomic mass is 19.1. The minimum Gasteiger partial charge on any atom is -0.505 e. The van der Waals surface area contributed by atoms with Gasteiger partial charge >= 0.3 is 0 Å². The molecule has 22 heavy (non-hydrogen) atoms. The van der Waals surface area contributed by atoms with Gasteiger partial charge in [0.15, 0.2) is 11.6 Å². The van der Waals surface area contributed by atoms with Crippen LogP contribution in [-0.2, 0) is 11.4 Å². The zero-order valence-electron chi connectivity index (χ0n) is 11.7. The number of aromatic hydroxyl groups is 1. The van der Waals surface area contributed by atoms with Gasteiger partial charge in [0.25, 0.3) is 0 Å². The number of oxime groups is 1. The Kier molecular flexibility index (Phi) is 3.69. The summed E-state index contributed by atoms with van der Waals surface area (Å²) in [7, 11) is 0. The second kappa shape index (κ2) is 5.80. The summed E-state index contributed by atoms with van der Waals surface area (Å²) in [6, 6.07) is 9.43. The number of rotatable bonds is 4. The fourth-order valence-electron chi connectivity index (χ4n) is 1.91. The van der Waals surface area contributed by atoms with Crippen molar-refractivity contribution in [2.24, 2.45) is 5.16 Å². The summed E-state index contributed by atoms with van der Waals surface area (Å²) >= 11 is 0. The van der Waals surface area contributed by atoms with Gasteiger partial charge < -0.3 is 9.94 Å². The minimum atomic E-state index is -0.698. The maximum atomic E-state index is 13.3. The van der Waals surface area contributed by atoms with Crippen molar-refractivity contribution in [1.82, 2.24) is 10.3 Å². The number of benzene rings is 2. The quantitative estimate of drug-likeness (QED) is 0.592. The lowest BCUT2D eigenvalue weighted by Gasteiger charge is -2.04. The van der Waals surface area contributed by atoms with Gasteiger partial charge in [0.05, 0.1) is 5.71 Å². The van der Waals surface area contributed by atoms with E-state index in [1.165, 1.54) is 12.1 Å².